The highest BCUT2D eigenvalue weighted by Gasteiger charge is 2.66. The lowest BCUT2D eigenvalue weighted by Crippen LogP contribution is -2.64. The minimum Gasteiger partial charge on any atom is -0.479 e. The standard InChI is InChI=1S/C63H78N10O16S2/c1-36-42(40-14-16-48(69-49(40)55(78)79)72-20-17-38-9-7-10-41(43(38)26-72)54(77)70-58-68-44-11-5-6-12-47(44)90-58)24-66-73(36)35-62-30-60(2)29-61(3,31-62)33-63(32-60,34-62)87-22-21-71(4)25-39(28-91(83,84)85)67-59(82)86-27-37-13-15-46(45(23-37)65-19-8-18-64)88-57-52(76)50(74)51(75)53(89-57)56(80)81/h5-7,9-16,23-24,39,50-53,57,65,74-76H,8,17-22,25-35,64H2,1-4H3,(H,67,82)(H,78,79)(H,80,81)(H,68,70,77)(H,83,84,85)/t39-,50+,51+,52-,53+,57-,60?,61?,62?,63?/m1/s1. The van der Waals surface area contributed by atoms with E-state index in [1.807, 2.05) is 63.9 Å². The Morgan fingerprint density at radius 1 is 0.923 bits per heavy atom. The van der Waals surface area contributed by atoms with Crippen molar-refractivity contribution in [3.63, 3.8) is 0 Å². The number of aliphatic carboxylic acids is 1. The third kappa shape index (κ3) is 14.5. The predicted molar refractivity (Wildman–Crippen MR) is 336 cm³/mol. The molecule has 2 aliphatic heterocycles. The van der Waals surface area contributed by atoms with E-state index in [0.717, 1.165) is 65.6 Å². The zero-order chi connectivity index (χ0) is 64.8. The second-order valence-electron chi connectivity index (χ2n) is 26.1. The number of aliphatic hydroxyl groups is 3. The van der Waals surface area contributed by atoms with Gasteiger partial charge < -0.3 is 70.6 Å². The second-order valence-corrected chi connectivity index (χ2v) is 28.6. The van der Waals surface area contributed by atoms with Gasteiger partial charge >= 0.3 is 18.0 Å². The van der Waals surface area contributed by atoms with Crippen molar-refractivity contribution < 1.29 is 76.6 Å². The van der Waals surface area contributed by atoms with Crippen LogP contribution in [0.3, 0.4) is 0 Å². The number of likely N-dealkylation sites (N-methyl/N-ethyl adjacent to an activating group) is 1. The number of anilines is 3. The number of amides is 2. The normalized spacial score (nSPS) is 26.3. The van der Waals surface area contributed by atoms with Crippen LogP contribution in [0.4, 0.5) is 21.4 Å². The summed E-state index contributed by atoms with van der Waals surface area (Å²) in [6, 6.07) is 20.4. The van der Waals surface area contributed by atoms with Gasteiger partial charge in [0.15, 0.2) is 16.9 Å². The maximum Gasteiger partial charge on any atom is 0.407 e. The highest BCUT2D eigenvalue weighted by molar-refractivity contribution is 7.85. The number of para-hydroxylation sites is 1. The third-order valence-electron chi connectivity index (χ3n) is 18.3. The van der Waals surface area contributed by atoms with Crippen molar-refractivity contribution >= 4 is 72.2 Å². The van der Waals surface area contributed by atoms with Crippen LogP contribution in [0.2, 0.25) is 0 Å². The lowest BCUT2D eigenvalue weighted by atomic mass is 9.39. The molecule has 6 aliphatic rings. The van der Waals surface area contributed by atoms with E-state index in [9.17, 15) is 57.7 Å². The number of aromatic carboxylic acids is 1. The predicted octanol–water partition coefficient (Wildman–Crippen LogP) is 5.66. The van der Waals surface area contributed by atoms with E-state index in [2.05, 4.69) is 34.8 Å². The first-order valence-electron chi connectivity index (χ1n) is 30.4. The molecule has 28 heteroatoms. The molecule has 91 heavy (non-hydrogen) atoms. The summed E-state index contributed by atoms with van der Waals surface area (Å²) in [7, 11) is -2.82. The Hall–Kier alpha value is -7.38. The van der Waals surface area contributed by atoms with Gasteiger partial charge in [-0.1, -0.05) is 55.5 Å². The van der Waals surface area contributed by atoms with Crippen LogP contribution >= 0.6 is 11.3 Å². The largest absolute Gasteiger partial charge is 0.479 e. The maximum absolute atomic E-state index is 13.8. The van der Waals surface area contributed by atoms with Crippen LogP contribution in [-0.2, 0) is 55.2 Å². The van der Waals surface area contributed by atoms with Gasteiger partial charge in [0, 0.05) is 61.7 Å². The highest BCUT2D eigenvalue weighted by atomic mass is 32.2. The van der Waals surface area contributed by atoms with Gasteiger partial charge in [-0.05, 0) is 147 Å². The minimum atomic E-state index is -4.58. The Bertz CT molecular complexity index is 3790. The molecule has 1 saturated heterocycles. The van der Waals surface area contributed by atoms with Crippen LogP contribution in [0.5, 0.6) is 5.75 Å². The molecule has 4 bridgehead atoms. The van der Waals surface area contributed by atoms with Crippen molar-refractivity contribution in [2.45, 2.75) is 134 Å². The number of ether oxygens (including phenoxy) is 4. The number of hydrogen-bond donors (Lipinski definition) is 10. The van der Waals surface area contributed by atoms with E-state index in [4.69, 9.17) is 34.8 Å². The molecule has 4 saturated carbocycles. The van der Waals surface area contributed by atoms with Crippen LogP contribution in [0.25, 0.3) is 21.3 Å². The molecule has 5 fully saturated rings. The van der Waals surface area contributed by atoms with Gasteiger partial charge in [0.25, 0.3) is 16.0 Å². The van der Waals surface area contributed by atoms with E-state index in [-0.39, 0.29) is 53.4 Å². The molecule has 2 amide bonds. The van der Waals surface area contributed by atoms with Crippen molar-refractivity contribution in [2.24, 2.45) is 22.0 Å². The van der Waals surface area contributed by atoms with E-state index in [1.165, 1.54) is 23.5 Å². The Balaban J connectivity index is 0.717. The summed E-state index contributed by atoms with van der Waals surface area (Å²) in [6.07, 6.45) is -1.88. The molecule has 8 atom stereocenters. The number of hydrogen-bond acceptors (Lipinski definition) is 21. The zero-order valence-electron chi connectivity index (χ0n) is 51.0. The third-order valence-corrected chi connectivity index (χ3v) is 20.1. The van der Waals surface area contributed by atoms with Crippen molar-refractivity contribution in [2.75, 3.05) is 67.7 Å². The van der Waals surface area contributed by atoms with E-state index < -0.39 is 76.3 Å². The van der Waals surface area contributed by atoms with Gasteiger partial charge in [0.05, 0.1) is 46.1 Å². The monoisotopic (exact) mass is 1290 g/mol. The molecule has 488 valence electrons. The average Bonchev–Trinajstić information content (AvgIpc) is 0.749. The van der Waals surface area contributed by atoms with Crippen molar-refractivity contribution in [1.82, 2.24) is 30.0 Å². The van der Waals surface area contributed by atoms with Gasteiger partial charge in [0.2, 0.25) is 6.29 Å². The molecule has 26 nitrogen and oxygen atoms in total. The van der Waals surface area contributed by atoms with Crippen LogP contribution in [0.15, 0.2) is 79.0 Å². The molecule has 3 aromatic carbocycles. The number of alkyl carbamates (subject to hydrolysis) is 1. The van der Waals surface area contributed by atoms with Gasteiger partial charge in [-0.15, -0.1) is 0 Å². The number of carbonyl (C=O) groups is 4. The number of carboxylic acids is 2. The van der Waals surface area contributed by atoms with E-state index >= 15 is 0 Å². The molecular formula is C63H78N10O16S2. The number of aromatic nitrogens is 4. The highest BCUT2D eigenvalue weighted by Crippen LogP contribution is 2.72. The Morgan fingerprint density at radius 2 is 1.69 bits per heavy atom. The number of pyridine rings is 1. The van der Waals surface area contributed by atoms with Crippen LogP contribution in [-0.4, -0.2) is 182 Å². The van der Waals surface area contributed by atoms with Crippen molar-refractivity contribution in [3.8, 4) is 16.9 Å². The molecule has 5 heterocycles. The first kappa shape index (κ1) is 65.1. The lowest BCUT2D eigenvalue weighted by Gasteiger charge is -2.69. The number of benzene rings is 3. The summed E-state index contributed by atoms with van der Waals surface area (Å²) >= 11 is 1.41. The Morgan fingerprint density at radius 3 is 2.42 bits per heavy atom. The fourth-order valence-corrected chi connectivity index (χ4v) is 17.1. The average molecular weight is 1300 g/mol. The first-order valence-corrected chi connectivity index (χ1v) is 32.8. The summed E-state index contributed by atoms with van der Waals surface area (Å²) in [6.45, 7) is 9.15. The van der Waals surface area contributed by atoms with Gasteiger partial charge in [-0.3, -0.25) is 19.3 Å². The van der Waals surface area contributed by atoms with Crippen LogP contribution in [0, 0.1) is 23.2 Å². The fourth-order valence-electron chi connectivity index (χ4n) is 15.6. The smallest absolute Gasteiger partial charge is 0.407 e. The SMILES string of the molecule is Cc1c(-c2ccc(N3CCc4cccc(C(=O)Nc5nc6ccccc6s5)c4C3)nc2C(=O)O)cnn1CC12CC3(C)CC(C)(C1)CC(OCCN(C)C[C@H](CS(=O)(=O)O)NC(=O)OCc1ccc(O[C@@H]4O[C@H](C(=O)O)[C@@H](O)[C@H](O)[C@H]4O)c(NCCCN)c1)(C3)C2. The Labute approximate surface area is 529 Å². The number of nitrogens with zero attached hydrogens (tertiary/aromatic N) is 6. The summed E-state index contributed by atoms with van der Waals surface area (Å²) in [4.78, 5) is 65.1. The maximum atomic E-state index is 13.8. The molecule has 4 aliphatic carbocycles. The molecule has 0 spiro atoms. The van der Waals surface area contributed by atoms with Gasteiger partial charge in [-0.25, -0.2) is 24.4 Å². The van der Waals surface area contributed by atoms with E-state index in [0.29, 0.717) is 91.0 Å². The number of fused-ring (bicyclic) bond motifs is 2. The summed E-state index contributed by atoms with van der Waals surface area (Å²) in [5.74, 6) is -3.29. The molecule has 11 N–H and O–H groups in total. The van der Waals surface area contributed by atoms with Crippen LogP contribution in [0.1, 0.15) is 102 Å². The minimum absolute atomic E-state index is 0.00106. The number of carboxylic acid groups (broad SMARTS) is 2. The van der Waals surface area contributed by atoms with Gasteiger partial charge in [0.1, 0.15) is 36.5 Å². The Kier molecular flexibility index (Phi) is 18.6. The van der Waals surface area contributed by atoms with Gasteiger partial charge in [-0.2, -0.15) is 13.5 Å². The summed E-state index contributed by atoms with van der Waals surface area (Å²) in [5.41, 5.74) is 10.7. The lowest BCUT2D eigenvalue weighted by molar-refractivity contribution is -0.271. The molecule has 0 radical (unpaired) electrons. The molecule has 12 rings (SSSR count). The topological polar surface area (TPSA) is 373 Å². The summed E-state index contributed by atoms with van der Waals surface area (Å²) in [5, 5.41) is 65.3. The number of carbonyl (C=O) groups excluding carboxylic acids is 2. The van der Waals surface area contributed by atoms with Crippen molar-refractivity contribution in [3.05, 3.63) is 113 Å². The molecule has 6 aromatic rings. The number of rotatable bonds is 25. The quantitative estimate of drug-likeness (QED) is 0.0244. The molecular weight excluding hydrogens is 1220 g/mol. The van der Waals surface area contributed by atoms with Crippen molar-refractivity contribution in [1.29, 1.82) is 0 Å². The molecule has 2 unspecified atom stereocenters. The fraction of sp³-hybridized carbons (Fsp3) is 0.508. The van der Waals surface area contributed by atoms with E-state index in [1.54, 1.807) is 31.4 Å². The first-order chi connectivity index (χ1) is 43.2. The zero-order valence-corrected chi connectivity index (χ0v) is 52.7. The number of nitrogens with two attached hydrogens (primary N) is 1. The van der Waals surface area contributed by atoms with Crippen LogP contribution < -0.4 is 31.3 Å². The number of thiazole rings is 1. The number of aliphatic hydroxyl groups excluding tert-OH is 3. The summed E-state index contributed by atoms with van der Waals surface area (Å²) < 4.78 is 61.1. The second kappa shape index (κ2) is 26.0. The molecule has 3 aromatic heterocycles. The number of nitrogens with one attached hydrogen (secondary N) is 3.